The van der Waals surface area contributed by atoms with Crippen molar-refractivity contribution in [2.75, 3.05) is 43.8 Å². The van der Waals surface area contributed by atoms with Crippen molar-refractivity contribution in [1.29, 1.82) is 0 Å². The molecule has 16 heteroatoms. The lowest BCUT2D eigenvalue weighted by Gasteiger charge is -2.37. The normalized spacial score (nSPS) is 16.2. The van der Waals surface area contributed by atoms with Gasteiger partial charge in [-0.25, -0.2) is 21.8 Å². The van der Waals surface area contributed by atoms with E-state index in [-0.39, 0.29) is 46.5 Å². The molecule has 9 rings (SSSR count). The summed E-state index contributed by atoms with van der Waals surface area (Å²) in [6, 6.07) is 39.9. The largest absolute Gasteiger partial charge is 0.372 e. The van der Waals surface area contributed by atoms with Gasteiger partial charge in [0, 0.05) is 35.8 Å². The van der Waals surface area contributed by atoms with Crippen LogP contribution >= 0.6 is 11.3 Å². The Hall–Kier alpha value is -6.59. The number of rotatable bonds is 10. The topological polar surface area (TPSA) is 169 Å². The molecule has 2 aliphatic rings. The van der Waals surface area contributed by atoms with E-state index in [9.17, 15) is 31.5 Å². The first-order chi connectivity index (χ1) is 29.9. The lowest BCUT2D eigenvalue weighted by Crippen LogP contribution is -2.44. The fourth-order valence-electron chi connectivity index (χ4n) is 7.98. The first-order valence-corrected chi connectivity index (χ1v) is 23.5. The van der Waals surface area contributed by atoms with Crippen molar-refractivity contribution in [3.8, 4) is 0 Å². The molecule has 0 saturated heterocycles. The second-order valence-corrected chi connectivity index (χ2v) is 20.0. The number of amides is 2. The van der Waals surface area contributed by atoms with Gasteiger partial charge in [0.1, 0.15) is 6.23 Å². The number of aliphatic hydroxyl groups is 1. The van der Waals surface area contributed by atoms with Crippen molar-refractivity contribution < 1.29 is 31.5 Å². The number of sulfonamides is 2. The highest BCUT2D eigenvalue weighted by Gasteiger charge is 2.37. The average Bonchev–Trinajstić information content (AvgIpc) is 3.67. The van der Waals surface area contributed by atoms with E-state index in [4.69, 9.17) is 0 Å². The average molecular weight is 885 g/mol. The Labute approximate surface area is 363 Å². The number of hydrogen-bond donors (Lipinski definition) is 3. The minimum atomic E-state index is -4.21. The van der Waals surface area contributed by atoms with Crippen LogP contribution in [0.2, 0.25) is 0 Å². The monoisotopic (exact) mass is 884 g/mol. The van der Waals surface area contributed by atoms with Crippen molar-refractivity contribution in [1.82, 2.24) is 4.98 Å². The van der Waals surface area contributed by atoms with Crippen LogP contribution in [-0.2, 0) is 20.0 Å². The highest BCUT2D eigenvalue weighted by atomic mass is 32.2. The maximum absolute atomic E-state index is 14.6. The van der Waals surface area contributed by atoms with Crippen LogP contribution in [0.4, 0.5) is 28.4 Å². The number of aryl methyl sites for hydroxylation is 1. The van der Waals surface area contributed by atoms with E-state index < -0.39 is 38.1 Å². The van der Waals surface area contributed by atoms with Gasteiger partial charge in [-0.1, -0.05) is 48.5 Å². The number of fused-ring (bicyclic) bond motifs is 3. The van der Waals surface area contributed by atoms with Crippen molar-refractivity contribution in [3.63, 3.8) is 0 Å². The van der Waals surface area contributed by atoms with Crippen molar-refractivity contribution in [3.05, 3.63) is 167 Å². The summed E-state index contributed by atoms with van der Waals surface area (Å²) in [5.74, 6) is -1.17. The summed E-state index contributed by atoms with van der Waals surface area (Å²) in [6.07, 6.45) is -0.664. The minimum absolute atomic E-state index is 0.00667. The first kappa shape index (κ1) is 40.8. The summed E-state index contributed by atoms with van der Waals surface area (Å²) >= 11 is 1.53. The number of hydrogen-bond acceptors (Lipinski definition) is 10. The third-order valence-corrected chi connectivity index (χ3v) is 15.6. The van der Waals surface area contributed by atoms with E-state index in [1.807, 2.05) is 25.1 Å². The molecule has 0 bridgehead atoms. The SMILES string of the molecule is Cc1nc2ccc(NC(=O)c3ccc(S(=O)(=O)N4CCC(CN(c5ccccc5)S(=O)(=O)c5ccc(C(=O)N6CC(O)Nc7ccccc76)cc5)c5ccccc54)cc3)cc2s1. The molecule has 2 amide bonds. The number of anilines is 5. The van der Waals surface area contributed by atoms with Gasteiger partial charge in [-0.05, 0) is 116 Å². The Morgan fingerprint density at radius 2 is 1.47 bits per heavy atom. The van der Waals surface area contributed by atoms with Gasteiger partial charge in [0.2, 0.25) is 0 Å². The second kappa shape index (κ2) is 16.4. The number of nitrogens with one attached hydrogen (secondary N) is 2. The highest BCUT2D eigenvalue weighted by Crippen LogP contribution is 2.40. The summed E-state index contributed by atoms with van der Waals surface area (Å²) in [5.41, 5.74) is 4.73. The molecular weight excluding hydrogens is 845 g/mol. The predicted molar refractivity (Wildman–Crippen MR) is 242 cm³/mol. The van der Waals surface area contributed by atoms with E-state index >= 15 is 0 Å². The van der Waals surface area contributed by atoms with E-state index in [0.29, 0.717) is 40.4 Å². The molecule has 3 N–H and O–H groups in total. The van der Waals surface area contributed by atoms with Crippen LogP contribution in [0.15, 0.2) is 155 Å². The molecule has 0 radical (unpaired) electrons. The number of nitrogens with zero attached hydrogens (tertiary/aromatic N) is 4. The molecule has 2 unspecified atom stereocenters. The zero-order valence-electron chi connectivity index (χ0n) is 33.2. The van der Waals surface area contributed by atoms with Crippen LogP contribution in [-0.4, -0.2) is 64.6 Å². The number of para-hydroxylation sites is 4. The maximum atomic E-state index is 14.6. The van der Waals surface area contributed by atoms with E-state index in [2.05, 4.69) is 15.6 Å². The molecule has 62 heavy (non-hydrogen) atoms. The standard InChI is InChI=1S/C46H40N6O7S3/c1-30-47-40-24-19-34(27-43(40)60-30)48-45(54)31-15-20-36(21-16-31)61(56,57)51-26-25-33(38-11-5-7-13-41(38)51)28-52(35-9-3-2-4-10-35)62(58,59)37-22-17-32(18-23-37)46(55)50-29-44(53)49-39-12-6-8-14-42(39)50/h2-24,27,33,44,49,53H,25-26,28-29H2,1H3,(H,48,54). The summed E-state index contributed by atoms with van der Waals surface area (Å²) in [7, 11) is -8.31. The molecule has 0 aliphatic carbocycles. The van der Waals surface area contributed by atoms with Gasteiger partial charge in [0.25, 0.3) is 31.9 Å². The minimum Gasteiger partial charge on any atom is -0.372 e. The third kappa shape index (κ3) is 7.77. The fourth-order valence-corrected chi connectivity index (χ4v) is 11.9. The van der Waals surface area contributed by atoms with E-state index in [0.717, 1.165) is 15.2 Å². The fraction of sp³-hybridized carbons (Fsp3) is 0.152. The first-order valence-electron chi connectivity index (χ1n) is 19.8. The van der Waals surface area contributed by atoms with Crippen LogP contribution < -0.4 is 24.1 Å². The number of carbonyl (C=O) groups is 2. The number of aliphatic hydroxyl groups excluding tert-OH is 1. The Balaban J connectivity index is 0.947. The molecule has 3 heterocycles. The summed E-state index contributed by atoms with van der Waals surface area (Å²) in [4.78, 5) is 32.8. The van der Waals surface area contributed by atoms with Crippen LogP contribution in [0.1, 0.15) is 43.6 Å². The number of β-amino-alcohol motifs (C(OH)–C–C–N with tert-alkyl or cyclic N) is 1. The quantitative estimate of drug-likeness (QED) is 0.124. The summed E-state index contributed by atoms with van der Waals surface area (Å²) < 4.78 is 61.4. The second-order valence-electron chi connectivity index (χ2n) is 15.0. The molecule has 13 nitrogen and oxygen atoms in total. The molecule has 2 aliphatic heterocycles. The predicted octanol–water partition coefficient (Wildman–Crippen LogP) is 7.83. The van der Waals surface area contributed by atoms with Crippen molar-refractivity contribution in [2.24, 2.45) is 0 Å². The Bertz CT molecular complexity index is 3050. The van der Waals surface area contributed by atoms with Gasteiger partial charge in [-0.3, -0.25) is 18.2 Å². The smallest absolute Gasteiger partial charge is 0.264 e. The van der Waals surface area contributed by atoms with Crippen LogP contribution in [0, 0.1) is 6.92 Å². The molecule has 2 atom stereocenters. The number of carbonyl (C=O) groups excluding carboxylic acids is 2. The molecule has 6 aromatic carbocycles. The molecule has 314 valence electrons. The Kier molecular flexibility index (Phi) is 10.8. The van der Waals surface area contributed by atoms with Crippen molar-refractivity contribution >= 4 is 81.9 Å². The number of aromatic nitrogens is 1. The summed E-state index contributed by atoms with van der Waals surface area (Å²) in [6.45, 7) is 2.02. The Morgan fingerprint density at radius 3 is 2.23 bits per heavy atom. The van der Waals surface area contributed by atoms with Gasteiger partial charge in [0.15, 0.2) is 0 Å². The Morgan fingerprint density at radius 1 is 0.806 bits per heavy atom. The lowest BCUT2D eigenvalue weighted by atomic mass is 9.91. The summed E-state index contributed by atoms with van der Waals surface area (Å²) in [5, 5.41) is 17.2. The van der Waals surface area contributed by atoms with E-state index in [1.165, 1.54) is 73.4 Å². The number of benzene rings is 6. The van der Waals surface area contributed by atoms with Gasteiger partial charge < -0.3 is 20.6 Å². The van der Waals surface area contributed by atoms with Gasteiger partial charge in [-0.2, -0.15) is 0 Å². The zero-order chi connectivity index (χ0) is 43.2. The maximum Gasteiger partial charge on any atom is 0.264 e. The van der Waals surface area contributed by atoms with Crippen LogP contribution in [0.25, 0.3) is 10.2 Å². The zero-order valence-corrected chi connectivity index (χ0v) is 35.7. The van der Waals surface area contributed by atoms with E-state index in [1.54, 1.807) is 78.9 Å². The molecular formula is C46H40N6O7S3. The molecule has 0 fully saturated rings. The third-order valence-electron chi connectivity index (χ3n) is 11.0. The lowest BCUT2D eigenvalue weighted by molar-refractivity contribution is 0.0965. The van der Waals surface area contributed by atoms with Gasteiger partial charge in [-0.15, -0.1) is 11.3 Å². The van der Waals surface area contributed by atoms with Crippen LogP contribution in [0.5, 0.6) is 0 Å². The van der Waals surface area contributed by atoms with Crippen molar-refractivity contribution in [2.45, 2.75) is 35.3 Å². The van der Waals surface area contributed by atoms with Crippen LogP contribution in [0.3, 0.4) is 0 Å². The molecule has 0 saturated carbocycles. The van der Waals surface area contributed by atoms with Gasteiger partial charge in [0.05, 0.1) is 54.3 Å². The molecule has 1 aromatic heterocycles. The van der Waals surface area contributed by atoms with Gasteiger partial charge >= 0.3 is 0 Å². The molecule has 7 aromatic rings. The molecule has 0 spiro atoms. The highest BCUT2D eigenvalue weighted by molar-refractivity contribution is 7.93. The number of thiazole rings is 1.